The Morgan fingerprint density at radius 1 is 0.953 bits per heavy atom. The first-order valence-electron chi connectivity index (χ1n) is 14.3. The first-order valence-corrected chi connectivity index (χ1v) is 14.3. The number of nitrogens with zero attached hydrogens (tertiary/aromatic N) is 1. The molecule has 6 rings (SSSR count). The molecule has 0 spiro atoms. The van der Waals surface area contributed by atoms with Crippen molar-refractivity contribution in [3.8, 4) is 0 Å². The van der Waals surface area contributed by atoms with Crippen LogP contribution in [-0.4, -0.2) is 64.9 Å². The number of allylic oxidation sites excluding steroid dienone is 2. The molecule has 2 atom stereocenters. The van der Waals surface area contributed by atoms with Gasteiger partial charge in [-0.15, -0.1) is 0 Å². The van der Waals surface area contributed by atoms with Gasteiger partial charge in [0.05, 0.1) is 12.1 Å². The SMILES string of the molecule is CN1C(=O)C=C(O)[C@H]1CC1=CCc2ccccc21.CN[C@H](CC1=CCc2ccccc21)C(O)=C1C(=O)OC(C)(C)OC1=O. The summed E-state index contributed by atoms with van der Waals surface area (Å²) in [6, 6.07) is 15.5. The Morgan fingerprint density at radius 2 is 1.49 bits per heavy atom. The number of esters is 2. The maximum Gasteiger partial charge on any atom is 0.352 e. The molecule has 0 unspecified atom stereocenters. The molecule has 2 heterocycles. The van der Waals surface area contributed by atoms with Crippen molar-refractivity contribution in [2.75, 3.05) is 14.1 Å². The van der Waals surface area contributed by atoms with Gasteiger partial charge in [-0.25, -0.2) is 9.59 Å². The summed E-state index contributed by atoms with van der Waals surface area (Å²) in [7, 11) is 3.39. The van der Waals surface area contributed by atoms with E-state index in [1.807, 2.05) is 30.3 Å². The zero-order valence-electron chi connectivity index (χ0n) is 24.7. The van der Waals surface area contributed by atoms with Crippen LogP contribution in [0.25, 0.3) is 11.1 Å². The molecule has 0 aromatic heterocycles. The fourth-order valence-electron chi connectivity index (χ4n) is 5.81. The third-order valence-electron chi connectivity index (χ3n) is 8.15. The van der Waals surface area contributed by atoms with Crippen LogP contribution in [-0.2, 0) is 36.7 Å². The monoisotopic (exact) mass is 584 g/mol. The molecule has 43 heavy (non-hydrogen) atoms. The summed E-state index contributed by atoms with van der Waals surface area (Å²) in [5, 5.41) is 23.3. The second kappa shape index (κ2) is 11.9. The van der Waals surface area contributed by atoms with Crippen molar-refractivity contribution in [2.24, 2.45) is 0 Å². The van der Waals surface area contributed by atoms with Gasteiger partial charge >= 0.3 is 11.9 Å². The van der Waals surface area contributed by atoms with Crippen LogP contribution in [0.3, 0.4) is 0 Å². The maximum atomic E-state index is 12.1. The van der Waals surface area contributed by atoms with E-state index < -0.39 is 29.3 Å². The molecule has 2 aliphatic carbocycles. The number of aliphatic hydroxyl groups excluding tert-OH is 2. The molecular formula is C34H36N2O7. The second-order valence-corrected chi connectivity index (χ2v) is 11.4. The number of rotatable bonds is 6. The minimum absolute atomic E-state index is 0.121. The van der Waals surface area contributed by atoms with Crippen molar-refractivity contribution >= 4 is 29.0 Å². The van der Waals surface area contributed by atoms with Crippen molar-refractivity contribution in [1.82, 2.24) is 10.2 Å². The Bertz CT molecular complexity index is 1580. The number of cyclic esters (lactones) is 2. The largest absolute Gasteiger partial charge is 0.510 e. The first-order chi connectivity index (χ1) is 20.5. The topological polar surface area (TPSA) is 125 Å². The third kappa shape index (κ3) is 6.12. The van der Waals surface area contributed by atoms with Crippen LogP contribution in [0, 0.1) is 0 Å². The highest BCUT2D eigenvalue weighted by molar-refractivity contribution is 6.15. The van der Waals surface area contributed by atoms with Gasteiger partial charge in [-0.05, 0) is 59.7 Å². The Hall–Kier alpha value is -4.63. The number of carbonyl (C=O) groups excluding carboxylic acids is 3. The highest BCUT2D eigenvalue weighted by Crippen LogP contribution is 2.35. The second-order valence-electron chi connectivity index (χ2n) is 11.4. The number of fused-ring (bicyclic) bond motifs is 2. The lowest BCUT2D eigenvalue weighted by Crippen LogP contribution is -2.44. The van der Waals surface area contributed by atoms with E-state index in [1.54, 1.807) is 19.0 Å². The van der Waals surface area contributed by atoms with Crippen LogP contribution in [0.4, 0.5) is 0 Å². The van der Waals surface area contributed by atoms with Crippen molar-refractivity contribution in [1.29, 1.82) is 0 Å². The molecule has 224 valence electrons. The summed E-state index contributed by atoms with van der Waals surface area (Å²) in [6.07, 6.45) is 8.49. The van der Waals surface area contributed by atoms with E-state index in [0.717, 1.165) is 24.0 Å². The zero-order valence-corrected chi connectivity index (χ0v) is 24.7. The number of nitrogens with one attached hydrogen (secondary N) is 1. The molecule has 9 heteroatoms. The molecule has 0 radical (unpaired) electrons. The molecule has 1 amide bonds. The number of carbonyl (C=O) groups is 3. The summed E-state index contributed by atoms with van der Waals surface area (Å²) in [4.78, 5) is 37.3. The quantitative estimate of drug-likeness (QED) is 0.196. The van der Waals surface area contributed by atoms with E-state index in [-0.39, 0.29) is 23.5 Å². The van der Waals surface area contributed by atoms with Gasteiger partial charge in [-0.3, -0.25) is 4.79 Å². The van der Waals surface area contributed by atoms with Gasteiger partial charge in [0.2, 0.25) is 5.91 Å². The molecule has 2 aromatic carbocycles. The predicted octanol–water partition coefficient (Wildman–Crippen LogP) is 4.55. The van der Waals surface area contributed by atoms with Gasteiger partial charge in [0.15, 0.2) is 5.57 Å². The Kier molecular flexibility index (Phi) is 8.28. The number of aliphatic hydroxyl groups is 2. The average molecular weight is 585 g/mol. The number of amides is 1. The number of hydrogen-bond acceptors (Lipinski definition) is 8. The molecule has 2 aliphatic heterocycles. The van der Waals surface area contributed by atoms with E-state index in [9.17, 15) is 24.6 Å². The van der Waals surface area contributed by atoms with E-state index in [1.165, 1.54) is 42.2 Å². The minimum Gasteiger partial charge on any atom is -0.510 e. The van der Waals surface area contributed by atoms with Crippen LogP contribution in [0.15, 0.2) is 83.9 Å². The molecular weight excluding hydrogens is 548 g/mol. The molecule has 0 bridgehead atoms. The first kappa shape index (κ1) is 29.8. The molecule has 2 aromatic rings. The summed E-state index contributed by atoms with van der Waals surface area (Å²) in [5.41, 5.74) is 6.73. The van der Waals surface area contributed by atoms with Gasteiger partial charge in [0, 0.05) is 33.4 Å². The van der Waals surface area contributed by atoms with Crippen molar-refractivity contribution in [2.45, 2.75) is 57.4 Å². The van der Waals surface area contributed by atoms with Gasteiger partial charge in [-0.1, -0.05) is 60.7 Å². The zero-order chi connectivity index (χ0) is 30.9. The molecule has 0 saturated carbocycles. The number of benzene rings is 2. The maximum absolute atomic E-state index is 12.1. The summed E-state index contributed by atoms with van der Waals surface area (Å²) < 4.78 is 10.1. The Balaban J connectivity index is 0.000000180. The van der Waals surface area contributed by atoms with Crippen LogP contribution < -0.4 is 5.32 Å². The predicted molar refractivity (Wildman–Crippen MR) is 162 cm³/mol. The normalized spacial score (nSPS) is 20.6. The summed E-state index contributed by atoms with van der Waals surface area (Å²) in [5.74, 6) is -3.39. The molecule has 1 fully saturated rings. The average Bonchev–Trinajstić information content (AvgIpc) is 3.63. The molecule has 1 saturated heterocycles. The Morgan fingerprint density at radius 3 is 2.02 bits per heavy atom. The van der Waals surface area contributed by atoms with Crippen molar-refractivity contribution < 1.29 is 34.1 Å². The summed E-state index contributed by atoms with van der Waals surface area (Å²) >= 11 is 0. The van der Waals surface area contributed by atoms with E-state index in [0.29, 0.717) is 12.8 Å². The van der Waals surface area contributed by atoms with Gasteiger partial charge in [0.25, 0.3) is 5.79 Å². The lowest BCUT2D eigenvalue weighted by molar-refractivity contribution is -0.222. The minimum atomic E-state index is -1.33. The van der Waals surface area contributed by atoms with Gasteiger partial charge in [0.1, 0.15) is 11.5 Å². The third-order valence-corrected chi connectivity index (χ3v) is 8.15. The van der Waals surface area contributed by atoms with Crippen LogP contribution >= 0.6 is 0 Å². The smallest absolute Gasteiger partial charge is 0.352 e. The highest BCUT2D eigenvalue weighted by atomic mass is 16.7. The lowest BCUT2D eigenvalue weighted by atomic mass is 9.97. The van der Waals surface area contributed by atoms with Crippen LogP contribution in [0.5, 0.6) is 0 Å². The van der Waals surface area contributed by atoms with E-state index in [4.69, 9.17) is 9.47 Å². The fraction of sp³-hybridized carbons (Fsp3) is 0.324. The van der Waals surface area contributed by atoms with Crippen molar-refractivity contribution in [3.63, 3.8) is 0 Å². The highest BCUT2D eigenvalue weighted by Gasteiger charge is 2.42. The number of ether oxygens (including phenoxy) is 2. The lowest BCUT2D eigenvalue weighted by Gasteiger charge is -2.31. The van der Waals surface area contributed by atoms with Crippen LogP contribution in [0.2, 0.25) is 0 Å². The van der Waals surface area contributed by atoms with E-state index >= 15 is 0 Å². The molecule has 9 nitrogen and oxygen atoms in total. The Labute approximate surface area is 250 Å². The van der Waals surface area contributed by atoms with Crippen LogP contribution in [0.1, 0.15) is 48.9 Å². The van der Waals surface area contributed by atoms with Gasteiger partial charge in [-0.2, -0.15) is 0 Å². The standard InChI is InChI=1S/C19H21NO5.C15H15NO2/c1-19(2)24-17(22)15(18(23)25-19)16(21)14(20-3)10-12-9-8-11-6-4-5-7-13(11)12;1-16-13(14(17)9-15(16)18)8-11-7-6-10-4-2-3-5-12(10)11/h4-7,9,14,20-21H,8,10H2,1-3H3;2-5,7,9,13,17H,6,8H2,1H3/t14-;13-/m11/s1. The number of hydrogen-bond donors (Lipinski definition) is 3. The van der Waals surface area contributed by atoms with E-state index in [2.05, 4.69) is 35.7 Å². The fourth-order valence-corrected chi connectivity index (χ4v) is 5.81. The molecule has 3 N–H and O–H groups in total. The number of likely N-dealkylation sites (N-methyl/N-ethyl adjacent to an activating group) is 2. The summed E-state index contributed by atoms with van der Waals surface area (Å²) in [6.45, 7) is 2.93. The van der Waals surface area contributed by atoms with Gasteiger partial charge < -0.3 is 29.9 Å². The van der Waals surface area contributed by atoms with Crippen molar-refractivity contribution in [3.05, 3.63) is 106 Å². The molecule has 4 aliphatic rings.